The van der Waals surface area contributed by atoms with Crippen molar-refractivity contribution < 1.29 is 14.3 Å². The Bertz CT molecular complexity index is 1380. The van der Waals surface area contributed by atoms with Crippen LogP contribution in [0.4, 0.5) is 0 Å². The first-order valence-electron chi connectivity index (χ1n) is 11.7. The van der Waals surface area contributed by atoms with Crippen molar-refractivity contribution in [2.45, 2.75) is 31.7 Å². The number of carbonyl (C=O) groups is 1. The van der Waals surface area contributed by atoms with Gasteiger partial charge in [0.2, 0.25) is 5.79 Å². The van der Waals surface area contributed by atoms with Crippen LogP contribution in [0.3, 0.4) is 0 Å². The zero-order chi connectivity index (χ0) is 23.4. The molecule has 3 nitrogen and oxygen atoms in total. The molecule has 4 aromatic rings. The number of carbonyl (C=O) groups excluding carboxylic acids is 1. The summed E-state index contributed by atoms with van der Waals surface area (Å²) in [7, 11) is 0. The third kappa shape index (κ3) is 2.90. The summed E-state index contributed by atoms with van der Waals surface area (Å²) in [6.07, 6.45) is 2.48. The van der Waals surface area contributed by atoms with Crippen molar-refractivity contribution in [3.8, 4) is 0 Å². The van der Waals surface area contributed by atoms with Crippen molar-refractivity contribution in [2.24, 2.45) is 5.41 Å². The van der Waals surface area contributed by atoms with Crippen molar-refractivity contribution in [3.63, 3.8) is 0 Å². The first kappa shape index (κ1) is 20.9. The van der Waals surface area contributed by atoms with E-state index in [1.807, 2.05) is 67.6 Å². The van der Waals surface area contributed by atoms with Crippen molar-refractivity contribution >= 4 is 22.3 Å². The van der Waals surface area contributed by atoms with Crippen LogP contribution >= 0.6 is 0 Å². The maximum atomic E-state index is 13.4. The third-order valence-electron chi connectivity index (χ3n) is 7.53. The molecular weight excluding hydrogens is 420 g/mol. The van der Waals surface area contributed by atoms with E-state index in [0.29, 0.717) is 12.2 Å². The van der Waals surface area contributed by atoms with Crippen LogP contribution in [0, 0.1) is 5.41 Å². The highest BCUT2D eigenvalue weighted by Crippen LogP contribution is 2.64. The average molecular weight is 447 g/mol. The Morgan fingerprint density at radius 2 is 1.35 bits per heavy atom. The molecular formula is C31H26O3. The van der Waals surface area contributed by atoms with Crippen LogP contribution in [0.15, 0.2) is 109 Å². The Morgan fingerprint density at radius 1 is 0.765 bits per heavy atom. The van der Waals surface area contributed by atoms with Gasteiger partial charge in [0, 0.05) is 18.9 Å². The molecule has 0 aliphatic carbocycles. The van der Waals surface area contributed by atoms with Gasteiger partial charge in [0.25, 0.3) is 0 Å². The predicted molar refractivity (Wildman–Crippen MR) is 134 cm³/mol. The zero-order valence-corrected chi connectivity index (χ0v) is 19.3. The summed E-state index contributed by atoms with van der Waals surface area (Å²) >= 11 is 0. The molecule has 2 heterocycles. The van der Waals surface area contributed by atoms with Crippen molar-refractivity contribution in [1.82, 2.24) is 0 Å². The van der Waals surface area contributed by atoms with Crippen LogP contribution in [-0.4, -0.2) is 11.6 Å². The van der Waals surface area contributed by atoms with E-state index in [9.17, 15) is 4.79 Å². The molecule has 1 fully saturated rings. The van der Waals surface area contributed by atoms with Gasteiger partial charge < -0.3 is 9.47 Å². The summed E-state index contributed by atoms with van der Waals surface area (Å²) < 4.78 is 13.5. The molecule has 168 valence electrons. The number of benzene rings is 4. The van der Waals surface area contributed by atoms with Gasteiger partial charge in [-0.15, -0.1) is 0 Å². The van der Waals surface area contributed by atoms with E-state index in [-0.39, 0.29) is 5.78 Å². The highest BCUT2D eigenvalue weighted by atomic mass is 16.7. The Morgan fingerprint density at radius 3 is 1.94 bits per heavy atom. The Hall–Kier alpha value is -3.69. The number of ketones is 1. The lowest BCUT2D eigenvalue weighted by Gasteiger charge is -2.34. The molecule has 4 aromatic carbocycles. The summed E-state index contributed by atoms with van der Waals surface area (Å²) in [5, 5.41) is 2.30. The summed E-state index contributed by atoms with van der Waals surface area (Å²) in [6, 6.07) is 34.8. The number of rotatable bonds is 4. The molecule has 6 rings (SSSR count). The van der Waals surface area contributed by atoms with Crippen molar-refractivity contribution in [3.05, 3.63) is 126 Å². The smallest absolute Gasteiger partial charge is 0.225 e. The van der Waals surface area contributed by atoms with Crippen LogP contribution in [-0.2, 0) is 19.9 Å². The van der Waals surface area contributed by atoms with Crippen LogP contribution in [0.2, 0.25) is 0 Å². The van der Waals surface area contributed by atoms with Gasteiger partial charge in [0.05, 0.1) is 0 Å². The minimum Gasteiger partial charge on any atom is -0.461 e. The molecule has 1 saturated heterocycles. The van der Waals surface area contributed by atoms with E-state index in [1.165, 1.54) is 5.39 Å². The van der Waals surface area contributed by atoms with Gasteiger partial charge in [-0.2, -0.15) is 0 Å². The van der Waals surface area contributed by atoms with Crippen molar-refractivity contribution in [1.29, 1.82) is 0 Å². The maximum absolute atomic E-state index is 13.4. The topological polar surface area (TPSA) is 35.5 Å². The summed E-state index contributed by atoms with van der Waals surface area (Å²) in [5.41, 5.74) is 1.26. The summed E-state index contributed by atoms with van der Waals surface area (Å²) in [5.74, 6) is -0.399. The van der Waals surface area contributed by atoms with Gasteiger partial charge in [-0.3, -0.25) is 4.79 Å². The Labute approximate surface area is 199 Å². The second-order valence-corrected chi connectivity index (χ2v) is 9.48. The fourth-order valence-corrected chi connectivity index (χ4v) is 5.70. The maximum Gasteiger partial charge on any atom is 0.225 e. The Kier molecular flexibility index (Phi) is 4.55. The largest absolute Gasteiger partial charge is 0.461 e. The van der Waals surface area contributed by atoms with E-state index in [1.54, 1.807) is 6.92 Å². The van der Waals surface area contributed by atoms with Crippen LogP contribution in [0.5, 0.6) is 0 Å². The first-order chi connectivity index (χ1) is 16.5. The molecule has 34 heavy (non-hydrogen) atoms. The van der Waals surface area contributed by atoms with Gasteiger partial charge in [0.1, 0.15) is 22.6 Å². The monoisotopic (exact) mass is 446 g/mol. The Balaban J connectivity index is 1.51. The second kappa shape index (κ2) is 7.41. The lowest BCUT2D eigenvalue weighted by atomic mass is 9.70. The van der Waals surface area contributed by atoms with Crippen LogP contribution in [0.25, 0.3) is 16.5 Å². The molecule has 0 unspecified atom stereocenters. The lowest BCUT2D eigenvalue weighted by Crippen LogP contribution is -2.44. The second-order valence-electron chi connectivity index (χ2n) is 9.48. The van der Waals surface area contributed by atoms with E-state index in [2.05, 4.69) is 48.5 Å². The standard InChI is InChI=1S/C31H26O3/c1-22(32)30-20-28(25-18-17-23-11-9-10-12-24(23)19-25)33-29(30,2)34-31(21-30,26-13-5-3-6-14-26)27-15-7-4-8-16-27/h3-20H,21H2,1-2H3/t29-,30+/m0/s1. The van der Waals surface area contributed by atoms with Gasteiger partial charge in [0.15, 0.2) is 0 Å². The van der Waals surface area contributed by atoms with Gasteiger partial charge in [-0.1, -0.05) is 97.1 Å². The fourth-order valence-electron chi connectivity index (χ4n) is 5.70. The highest BCUT2D eigenvalue weighted by Gasteiger charge is 2.69. The SMILES string of the molecule is CC(=O)[C@]12C=C(c3ccc4ccccc4c3)O[C@@]1(C)OC(c1ccccc1)(c1ccccc1)C2. The third-order valence-corrected chi connectivity index (χ3v) is 7.53. The minimum atomic E-state index is -1.13. The molecule has 2 atom stereocenters. The summed E-state index contributed by atoms with van der Waals surface area (Å²) in [4.78, 5) is 13.4. The number of Topliss-reactive ketones (excluding diaryl/α,β-unsaturated/α-hetero) is 1. The van der Waals surface area contributed by atoms with E-state index in [4.69, 9.17) is 9.47 Å². The van der Waals surface area contributed by atoms with Gasteiger partial charge >= 0.3 is 0 Å². The molecule has 0 N–H and O–H groups in total. The van der Waals surface area contributed by atoms with E-state index >= 15 is 0 Å². The van der Waals surface area contributed by atoms with Gasteiger partial charge in [-0.05, 0) is 41.0 Å². The average Bonchev–Trinajstić information content (AvgIpc) is 3.31. The first-order valence-corrected chi connectivity index (χ1v) is 11.7. The van der Waals surface area contributed by atoms with Gasteiger partial charge in [-0.25, -0.2) is 0 Å². The molecule has 0 bridgehead atoms. The number of fused-ring (bicyclic) bond motifs is 2. The molecule has 3 heteroatoms. The molecule has 2 aliphatic heterocycles. The quantitative estimate of drug-likeness (QED) is 0.343. The molecule has 0 saturated carbocycles. The van der Waals surface area contributed by atoms with Crippen LogP contribution < -0.4 is 0 Å². The normalized spacial score (nSPS) is 24.9. The predicted octanol–water partition coefficient (Wildman–Crippen LogP) is 6.87. The van der Waals surface area contributed by atoms with Crippen molar-refractivity contribution in [2.75, 3.05) is 0 Å². The number of hydrogen-bond acceptors (Lipinski definition) is 3. The zero-order valence-electron chi connectivity index (χ0n) is 19.3. The molecule has 0 radical (unpaired) electrons. The summed E-state index contributed by atoms with van der Waals surface area (Å²) in [6.45, 7) is 3.56. The molecule has 0 amide bonds. The molecule has 0 aromatic heterocycles. The minimum absolute atomic E-state index is 0.0412. The molecule has 0 spiro atoms. The van der Waals surface area contributed by atoms with E-state index < -0.39 is 16.8 Å². The lowest BCUT2D eigenvalue weighted by molar-refractivity contribution is -0.218. The number of ether oxygens (including phenoxy) is 2. The van der Waals surface area contributed by atoms with E-state index in [0.717, 1.165) is 22.1 Å². The molecule has 2 aliphatic rings. The number of hydrogen-bond donors (Lipinski definition) is 0. The highest BCUT2D eigenvalue weighted by molar-refractivity contribution is 5.91. The fraction of sp³-hybridized carbons (Fsp3) is 0.194. The van der Waals surface area contributed by atoms with Crippen LogP contribution in [0.1, 0.15) is 37.0 Å².